The maximum atomic E-state index is 12.5. The van der Waals surface area contributed by atoms with Crippen molar-refractivity contribution >= 4 is 17.6 Å². The van der Waals surface area contributed by atoms with Gasteiger partial charge in [0.25, 0.3) is 5.91 Å². The summed E-state index contributed by atoms with van der Waals surface area (Å²) >= 11 is 0. The molecule has 1 amide bonds. The summed E-state index contributed by atoms with van der Waals surface area (Å²) in [6, 6.07) is 17.9. The smallest absolute Gasteiger partial charge is 0.314 e. The normalized spacial score (nSPS) is 12.5. The number of hydrogen-bond donors (Lipinski definition) is 1. The molecule has 2 aromatic rings. The first-order valence-corrected chi connectivity index (χ1v) is 8.56. The number of amides is 1. The molecular weight excluding hydrogens is 328 g/mol. The van der Waals surface area contributed by atoms with Gasteiger partial charge in [0.1, 0.15) is 0 Å². The highest BCUT2D eigenvalue weighted by Gasteiger charge is 2.27. The first kappa shape index (κ1) is 19.2. The van der Waals surface area contributed by atoms with E-state index in [0.29, 0.717) is 11.3 Å². The average molecular weight is 350 g/mol. The number of nitriles is 1. The van der Waals surface area contributed by atoms with Crippen LogP contribution < -0.4 is 5.32 Å². The molecule has 0 aromatic heterocycles. The molecule has 0 unspecified atom stereocenters. The van der Waals surface area contributed by atoms with E-state index in [1.807, 2.05) is 50.2 Å². The fourth-order valence-electron chi connectivity index (χ4n) is 2.64. The van der Waals surface area contributed by atoms with Gasteiger partial charge in [-0.3, -0.25) is 9.59 Å². The first-order valence-electron chi connectivity index (χ1n) is 8.56. The number of anilines is 1. The highest BCUT2D eigenvalue weighted by molar-refractivity contribution is 5.93. The second-order valence-electron chi connectivity index (χ2n) is 6.12. The molecule has 5 heteroatoms. The minimum Gasteiger partial charge on any atom is -0.455 e. The van der Waals surface area contributed by atoms with Crippen LogP contribution in [0.3, 0.4) is 0 Å². The van der Waals surface area contributed by atoms with E-state index in [1.165, 1.54) is 0 Å². The monoisotopic (exact) mass is 350 g/mol. The predicted octanol–water partition coefficient (Wildman–Crippen LogP) is 3.87. The Balaban J connectivity index is 1.96. The van der Waals surface area contributed by atoms with Gasteiger partial charge in [-0.15, -0.1) is 0 Å². The Morgan fingerprint density at radius 3 is 2.35 bits per heavy atom. The average Bonchev–Trinajstić information content (AvgIpc) is 2.68. The number of ether oxygens (including phenoxy) is 1. The molecule has 0 spiro atoms. The molecular formula is C21H22N2O3. The molecule has 0 aliphatic carbocycles. The molecule has 0 fully saturated rings. The van der Waals surface area contributed by atoms with Gasteiger partial charge in [0.05, 0.1) is 17.6 Å². The zero-order chi connectivity index (χ0) is 18.9. The Hall–Kier alpha value is -3.13. The van der Waals surface area contributed by atoms with Crippen LogP contribution in [0.1, 0.15) is 37.3 Å². The highest BCUT2D eigenvalue weighted by Crippen LogP contribution is 2.28. The maximum absolute atomic E-state index is 12.5. The van der Waals surface area contributed by atoms with Crippen LogP contribution in [0.15, 0.2) is 54.6 Å². The molecule has 0 bridgehead atoms. The standard InChI is InChI=1S/C21H22N2O3/c1-3-15(2)20(17-7-5-4-6-8-17)21(25)26-14-19(24)23-18-11-9-16(13-22)10-12-18/h4-12,15,20H,3,14H2,1-2H3,(H,23,24)/t15-,20+/m1/s1. The molecule has 0 aliphatic rings. The molecule has 2 atom stereocenters. The molecule has 134 valence electrons. The van der Waals surface area contributed by atoms with Crippen molar-refractivity contribution in [2.75, 3.05) is 11.9 Å². The third-order valence-electron chi connectivity index (χ3n) is 4.27. The van der Waals surface area contributed by atoms with Crippen molar-refractivity contribution in [1.29, 1.82) is 5.26 Å². The molecule has 1 N–H and O–H groups in total. The molecule has 2 rings (SSSR count). The minimum atomic E-state index is -0.418. The molecule has 5 nitrogen and oxygen atoms in total. The lowest BCUT2D eigenvalue weighted by Gasteiger charge is -2.21. The second kappa shape index (κ2) is 9.38. The van der Waals surface area contributed by atoms with E-state index < -0.39 is 17.8 Å². The summed E-state index contributed by atoms with van der Waals surface area (Å²) < 4.78 is 5.26. The number of carbonyl (C=O) groups is 2. The fraction of sp³-hybridized carbons (Fsp3) is 0.286. The van der Waals surface area contributed by atoms with Crippen LogP contribution in [0.5, 0.6) is 0 Å². The zero-order valence-corrected chi connectivity index (χ0v) is 14.9. The topological polar surface area (TPSA) is 79.2 Å². The molecule has 0 saturated heterocycles. The Bertz CT molecular complexity index is 779. The number of nitrogens with zero attached hydrogens (tertiary/aromatic N) is 1. The van der Waals surface area contributed by atoms with E-state index in [0.717, 1.165) is 12.0 Å². The lowest BCUT2D eigenvalue weighted by atomic mass is 9.86. The van der Waals surface area contributed by atoms with E-state index in [1.54, 1.807) is 24.3 Å². The van der Waals surface area contributed by atoms with Crippen molar-refractivity contribution < 1.29 is 14.3 Å². The van der Waals surface area contributed by atoms with Gasteiger partial charge in [0, 0.05) is 5.69 Å². The van der Waals surface area contributed by atoms with Crippen molar-refractivity contribution in [3.63, 3.8) is 0 Å². The molecule has 0 aliphatic heterocycles. The third-order valence-corrected chi connectivity index (χ3v) is 4.27. The number of nitrogens with one attached hydrogen (secondary N) is 1. The minimum absolute atomic E-state index is 0.103. The van der Waals surface area contributed by atoms with Crippen LogP contribution in [0.2, 0.25) is 0 Å². The summed E-state index contributed by atoms with van der Waals surface area (Å²) in [5.41, 5.74) is 1.94. The number of benzene rings is 2. The maximum Gasteiger partial charge on any atom is 0.314 e. The van der Waals surface area contributed by atoms with Crippen LogP contribution in [0.25, 0.3) is 0 Å². The highest BCUT2D eigenvalue weighted by atomic mass is 16.5. The lowest BCUT2D eigenvalue weighted by Crippen LogP contribution is -2.26. The third kappa shape index (κ3) is 5.18. The molecule has 0 heterocycles. The van der Waals surface area contributed by atoms with Gasteiger partial charge in [0.2, 0.25) is 0 Å². The second-order valence-corrected chi connectivity index (χ2v) is 6.12. The van der Waals surface area contributed by atoms with Gasteiger partial charge in [-0.25, -0.2) is 0 Å². The fourth-order valence-corrected chi connectivity index (χ4v) is 2.64. The first-order chi connectivity index (χ1) is 12.5. The number of esters is 1. The van der Waals surface area contributed by atoms with E-state index in [9.17, 15) is 9.59 Å². The number of hydrogen-bond acceptors (Lipinski definition) is 4. The van der Waals surface area contributed by atoms with E-state index in [2.05, 4.69) is 5.32 Å². The Morgan fingerprint density at radius 1 is 1.12 bits per heavy atom. The Labute approximate surface area is 153 Å². The SMILES string of the molecule is CC[C@@H](C)[C@H](C(=O)OCC(=O)Nc1ccc(C#N)cc1)c1ccccc1. The lowest BCUT2D eigenvalue weighted by molar-refractivity contribution is -0.150. The summed E-state index contributed by atoms with van der Waals surface area (Å²) in [6.45, 7) is 3.67. The summed E-state index contributed by atoms with van der Waals surface area (Å²) in [6.07, 6.45) is 0.825. The molecule has 0 radical (unpaired) electrons. The van der Waals surface area contributed by atoms with Gasteiger partial charge in [-0.05, 0) is 35.7 Å². The van der Waals surface area contributed by atoms with Crippen LogP contribution >= 0.6 is 0 Å². The van der Waals surface area contributed by atoms with E-state index in [-0.39, 0.29) is 12.5 Å². The summed E-state index contributed by atoms with van der Waals surface area (Å²) in [5.74, 6) is -1.12. The van der Waals surface area contributed by atoms with Gasteiger partial charge >= 0.3 is 5.97 Å². The summed E-state index contributed by atoms with van der Waals surface area (Å²) in [4.78, 5) is 24.6. The van der Waals surface area contributed by atoms with Crippen LogP contribution in [-0.2, 0) is 14.3 Å². The molecule has 26 heavy (non-hydrogen) atoms. The van der Waals surface area contributed by atoms with Gasteiger partial charge in [0.15, 0.2) is 6.61 Å². The van der Waals surface area contributed by atoms with Crippen LogP contribution in [-0.4, -0.2) is 18.5 Å². The van der Waals surface area contributed by atoms with Crippen LogP contribution in [0.4, 0.5) is 5.69 Å². The zero-order valence-electron chi connectivity index (χ0n) is 14.9. The molecule has 2 aromatic carbocycles. The van der Waals surface area contributed by atoms with Crippen molar-refractivity contribution in [2.45, 2.75) is 26.2 Å². The van der Waals surface area contributed by atoms with Crippen molar-refractivity contribution in [1.82, 2.24) is 0 Å². The van der Waals surface area contributed by atoms with Gasteiger partial charge in [-0.2, -0.15) is 5.26 Å². The van der Waals surface area contributed by atoms with E-state index >= 15 is 0 Å². The number of rotatable bonds is 7. The predicted molar refractivity (Wildman–Crippen MR) is 99.4 cm³/mol. The summed E-state index contributed by atoms with van der Waals surface area (Å²) in [7, 11) is 0. The van der Waals surface area contributed by atoms with Gasteiger partial charge < -0.3 is 10.1 Å². The number of carbonyl (C=O) groups excluding carboxylic acids is 2. The Morgan fingerprint density at radius 2 is 1.77 bits per heavy atom. The largest absolute Gasteiger partial charge is 0.455 e. The Kier molecular flexibility index (Phi) is 6.92. The van der Waals surface area contributed by atoms with Crippen molar-refractivity contribution in [3.8, 4) is 6.07 Å². The molecule has 0 saturated carbocycles. The van der Waals surface area contributed by atoms with Crippen molar-refractivity contribution in [2.24, 2.45) is 5.92 Å². The summed E-state index contributed by atoms with van der Waals surface area (Å²) in [5, 5.41) is 11.4. The van der Waals surface area contributed by atoms with E-state index in [4.69, 9.17) is 10.00 Å². The quantitative estimate of drug-likeness (QED) is 0.769. The van der Waals surface area contributed by atoms with Crippen LogP contribution in [0, 0.1) is 17.2 Å². The van der Waals surface area contributed by atoms with Gasteiger partial charge in [-0.1, -0.05) is 50.6 Å². The van der Waals surface area contributed by atoms with Crippen molar-refractivity contribution in [3.05, 3.63) is 65.7 Å².